The predicted molar refractivity (Wildman–Crippen MR) is 73.7 cm³/mol. The van der Waals surface area contributed by atoms with Gasteiger partial charge in [0.25, 0.3) is 5.89 Å². The summed E-state index contributed by atoms with van der Waals surface area (Å²) in [6, 6.07) is 0. The van der Waals surface area contributed by atoms with Gasteiger partial charge in [-0.3, -0.25) is 0 Å². The Labute approximate surface area is 116 Å². The van der Waals surface area contributed by atoms with Gasteiger partial charge in [0.05, 0.1) is 11.2 Å². The van der Waals surface area contributed by atoms with Crippen LogP contribution in [0.4, 0.5) is 0 Å². The summed E-state index contributed by atoms with van der Waals surface area (Å²) < 4.78 is 9.30. The van der Waals surface area contributed by atoms with Crippen molar-refractivity contribution >= 4 is 11.5 Å². The number of nitrogens with zero attached hydrogens (tertiary/aromatic N) is 4. The van der Waals surface area contributed by atoms with Crippen molar-refractivity contribution in [1.29, 1.82) is 0 Å². The van der Waals surface area contributed by atoms with E-state index in [1.165, 1.54) is 11.5 Å². The Morgan fingerprint density at radius 2 is 2.00 bits per heavy atom. The van der Waals surface area contributed by atoms with Crippen molar-refractivity contribution in [3.8, 4) is 10.8 Å². The van der Waals surface area contributed by atoms with E-state index in [0.29, 0.717) is 11.7 Å². The monoisotopic (exact) mass is 281 g/mol. The minimum atomic E-state index is -0.530. The molecule has 0 aliphatic carbocycles. The van der Waals surface area contributed by atoms with Crippen LogP contribution >= 0.6 is 11.5 Å². The highest BCUT2D eigenvalue weighted by Gasteiger charge is 2.30. The van der Waals surface area contributed by atoms with Gasteiger partial charge in [0.15, 0.2) is 5.82 Å². The van der Waals surface area contributed by atoms with Gasteiger partial charge in [0.1, 0.15) is 4.88 Å². The number of hydrogen-bond donors (Lipinski definition) is 1. The minimum absolute atomic E-state index is 0.268. The van der Waals surface area contributed by atoms with Gasteiger partial charge >= 0.3 is 0 Å². The van der Waals surface area contributed by atoms with Crippen LogP contribution in [0.5, 0.6) is 0 Å². The lowest BCUT2D eigenvalue weighted by atomic mass is 9.93. The summed E-state index contributed by atoms with van der Waals surface area (Å²) in [4.78, 5) is 5.27. The van der Waals surface area contributed by atoms with Crippen molar-refractivity contribution < 1.29 is 4.52 Å². The molecule has 2 aromatic rings. The Bertz CT molecular complexity index is 544. The van der Waals surface area contributed by atoms with E-state index in [2.05, 4.69) is 33.6 Å². The fourth-order valence-corrected chi connectivity index (χ4v) is 2.55. The van der Waals surface area contributed by atoms with Crippen molar-refractivity contribution in [3.63, 3.8) is 0 Å². The summed E-state index contributed by atoms with van der Waals surface area (Å²) in [5.74, 6) is 1.28. The second-order valence-corrected chi connectivity index (χ2v) is 5.68. The summed E-state index contributed by atoms with van der Waals surface area (Å²) in [7, 11) is 0. The van der Waals surface area contributed by atoms with Crippen LogP contribution in [-0.2, 0) is 5.54 Å². The van der Waals surface area contributed by atoms with E-state index >= 15 is 0 Å². The fraction of sp³-hybridized carbons (Fsp3) is 0.667. The average Bonchev–Trinajstić information content (AvgIpc) is 3.05. The number of aromatic nitrogens is 4. The van der Waals surface area contributed by atoms with Crippen LogP contribution in [0.1, 0.15) is 58.0 Å². The number of rotatable bonds is 5. The van der Waals surface area contributed by atoms with E-state index in [1.807, 2.05) is 13.8 Å². The first-order valence-corrected chi connectivity index (χ1v) is 7.24. The molecule has 0 bridgehead atoms. The maximum absolute atomic E-state index is 6.27. The second kappa shape index (κ2) is 5.34. The van der Waals surface area contributed by atoms with Crippen molar-refractivity contribution in [2.24, 2.45) is 5.73 Å². The topological polar surface area (TPSA) is 90.7 Å². The van der Waals surface area contributed by atoms with Gasteiger partial charge in [0, 0.05) is 0 Å². The molecule has 0 aliphatic rings. The maximum Gasteiger partial charge on any atom is 0.271 e. The molecule has 0 atom stereocenters. The fourth-order valence-electron chi connectivity index (χ4n) is 1.81. The smallest absolute Gasteiger partial charge is 0.271 e. The lowest BCUT2D eigenvalue weighted by Gasteiger charge is -2.21. The van der Waals surface area contributed by atoms with Crippen LogP contribution in [0, 0.1) is 0 Å². The van der Waals surface area contributed by atoms with Gasteiger partial charge in [-0.15, -0.1) is 5.10 Å². The van der Waals surface area contributed by atoms with E-state index in [0.717, 1.165) is 23.4 Å². The Morgan fingerprint density at radius 1 is 1.32 bits per heavy atom. The van der Waals surface area contributed by atoms with Crippen LogP contribution in [0.2, 0.25) is 0 Å². The van der Waals surface area contributed by atoms with E-state index < -0.39 is 5.54 Å². The minimum Gasteiger partial charge on any atom is -0.333 e. The van der Waals surface area contributed by atoms with Gasteiger partial charge < -0.3 is 10.3 Å². The molecular weight excluding hydrogens is 262 g/mol. The zero-order valence-electron chi connectivity index (χ0n) is 11.7. The van der Waals surface area contributed by atoms with E-state index in [1.54, 1.807) is 0 Å². The Kier molecular flexibility index (Phi) is 3.96. The molecular formula is C12H19N5OS. The molecule has 2 aromatic heterocycles. The normalized spacial score (nSPS) is 12.3. The molecule has 0 saturated carbocycles. The van der Waals surface area contributed by atoms with E-state index in [4.69, 9.17) is 10.3 Å². The largest absolute Gasteiger partial charge is 0.333 e. The average molecular weight is 281 g/mol. The van der Waals surface area contributed by atoms with Crippen LogP contribution in [0.15, 0.2) is 4.52 Å². The molecule has 0 spiro atoms. The molecule has 2 rings (SSSR count). The number of nitrogens with two attached hydrogens (primary N) is 1. The second-order valence-electron chi connectivity index (χ2n) is 4.93. The third-order valence-electron chi connectivity index (χ3n) is 3.39. The first-order valence-electron chi connectivity index (χ1n) is 6.47. The molecule has 0 fully saturated rings. The Morgan fingerprint density at radius 3 is 2.58 bits per heavy atom. The highest BCUT2D eigenvalue weighted by Crippen LogP contribution is 2.31. The Balaban J connectivity index is 2.38. The molecule has 0 aromatic carbocycles. The first kappa shape index (κ1) is 14.1. The molecule has 0 saturated heterocycles. The van der Waals surface area contributed by atoms with Gasteiger partial charge in [-0.25, -0.2) is 0 Å². The standard InChI is InChI=1S/C12H19N5OS/c1-5-12(13,6-2)11-14-10(18-16-11)9-8(7(3)4)15-17-19-9/h7H,5-6,13H2,1-4H3. The van der Waals surface area contributed by atoms with Crippen LogP contribution in [0.3, 0.4) is 0 Å². The van der Waals surface area contributed by atoms with E-state index in [9.17, 15) is 0 Å². The molecule has 7 heteroatoms. The van der Waals surface area contributed by atoms with Crippen molar-refractivity contribution in [2.45, 2.75) is 52.0 Å². The summed E-state index contributed by atoms with van der Waals surface area (Å²) in [6.45, 7) is 8.16. The lowest BCUT2D eigenvalue weighted by Crippen LogP contribution is -2.36. The molecule has 2 heterocycles. The summed E-state index contributed by atoms with van der Waals surface area (Å²) in [6.07, 6.45) is 1.53. The SMILES string of the molecule is CCC(N)(CC)c1noc(-c2snnc2C(C)C)n1. The van der Waals surface area contributed by atoms with Crippen molar-refractivity contribution in [3.05, 3.63) is 11.5 Å². The van der Waals surface area contributed by atoms with Crippen LogP contribution in [0.25, 0.3) is 10.8 Å². The third kappa shape index (κ3) is 2.52. The molecule has 0 amide bonds. The predicted octanol–water partition coefficient (Wildman–Crippen LogP) is 2.69. The van der Waals surface area contributed by atoms with Gasteiger partial charge in [-0.05, 0) is 30.3 Å². The van der Waals surface area contributed by atoms with Crippen molar-refractivity contribution in [2.75, 3.05) is 0 Å². The quantitative estimate of drug-likeness (QED) is 0.906. The van der Waals surface area contributed by atoms with E-state index in [-0.39, 0.29) is 5.92 Å². The summed E-state index contributed by atoms with van der Waals surface area (Å²) >= 11 is 1.27. The summed E-state index contributed by atoms with van der Waals surface area (Å²) in [5, 5.41) is 8.14. The molecule has 0 aliphatic heterocycles. The Hall–Kier alpha value is -1.34. The molecule has 2 N–H and O–H groups in total. The highest BCUT2D eigenvalue weighted by atomic mass is 32.1. The molecule has 104 valence electrons. The van der Waals surface area contributed by atoms with Crippen LogP contribution in [-0.4, -0.2) is 19.7 Å². The van der Waals surface area contributed by atoms with Crippen LogP contribution < -0.4 is 5.73 Å². The van der Waals surface area contributed by atoms with Gasteiger partial charge in [-0.2, -0.15) is 4.98 Å². The lowest BCUT2D eigenvalue weighted by molar-refractivity contribution is 0.350. The molecule has 6 nitrogen and oxygen atoms in total. The van der Waals surface area contributed by atoms with Gasteiger partial charge in [-0.1, -0.05) is 37.3 Å². The molecule has 0 unspecified atom stereocenters. The first-order chi connectivity index (χ1) is 9.01. The van der Waals surface area contributed by atoms with Crippen molar-refractivity contribution in [1.82, 2.24) is 19.7 Å². The zero-order valence-corrected chi connectivity index (χ0v) is 12.5. The van der Waals surface area contributed by atoms with Gasteiger partial charge in [0.2, 0.25) is 0 Å². The number of hydrogen-bond acceptors (Lipinski definition) is 7. The highest BCUT2D eigenvalue weighted by molar-refractivity contribution is 7.09. The summed E-state index contributed by atoms with van der Waals surface area (Å²) in [5.41, 5.74) is 6.62. The molecule has 19 heavy (non-hydrogen) atoms. The maximum atomic E-state index is 6.27. The zero-order chi connectivity index (χ0) is 14.0. The molecule has 0 radical (unpaired) electrons. The third-order valence-corrected chi connectivity index (χ3v) is 4.12.